The van der Waals surface area contributed by atoms with Crippen molar-refractivity contribution in [1.82, 2.24) is 0 Å². The first-order chi connectivity index (χ1) is 16.6. The number of rotatable bonds is 3. The Kier molecular flexibility index (Phi) is 5.59. The number of aryl methyl sites for hydroxylation is 2. The van der Waals surface area contributed by atoms with Crippen molar-refractivity contribution in [2.24, 2.45) is 5.41 Å². The van der Waals surface area contributed by atoms with Gasteiger partial charge in [0.15, 0.2) is 5.78 Å². The third-order valence-electron chi connectivity index (χ3n) is 6.83. The maximum Gasteiger partial charge on any atom is 0.265 e. The van der Waals surface area contributed by atoms with Gasteiger partial charge < -0.3 is 5.32 Å². The van der Waals surface area contributed by atoms with E-state index in [1.54, 1.807) is 24.3 Å². The van der Waals surface area contributed by atoms with Crippen LogP contribution in [0.3, 0.4) is 0 Å². The van der Waals surface area contributed by atoms with Crippen LogP contribution >= 0.6 is 0 Å². The van der Waals surface area contributed by atoms with Crippen molar-refractivity contribution in [2.45, 2.75) is 51.5 Å². The Balaban J connectivity index is 1.83. The van der Waals surface area contributed by atoms with E-state index in [1.165, 1.54) is 4.31 Å². The van der Waals surface area contributed by atoms with E-state index in [4.69, 9.17) is 0 Å². The number of nitrogens with one attached hydrogen (secondary N) is 1. The van der Waals surface area contributed by atoms with E-state index in [1.807, 2.05) is 62.4 Å². The number of para-hydroxylation sites is 2. The number of carbonyl (C=O) groups is 1. The Hall–Kier alpha value is -3.38. The summed E-state index contributed by atoms with van der Waals surface area (Å²) in [5.74, 6) is -0.0220. The fourth-order valence-corrected chi connectivity index (χ4v) is 6.73. The number of hydrogen-bond acceptors (Lipinski definition) is 4. The monoisotopic (exact) mass is 486 g/mol. The number of Topliss-reactive ketones (excluding diaryl/α,β-unsaturated/α-hetero) is 1. The number of fused-ring (bicyclic) bond motifs is 1. The number of anilines is 2. The molecule has 6 heteroatoms. The molecule has 1 heterocycles. The average molecular weight is 487 g/mol. The highest BCUT2D eigenvalue weighted by atomic mass is 32.2. The van der Waals surface area contributed by atoms with Crippen LogP contribution in [0.25, 0.3) is 0 Å². The minimum atomic E-state index is -4.02. The number of nitrogens with zero attached hydrogens (tertiary/aromatic N) is 1. The molecule has 3 aromatic carbocycles. The Bertz CT molecular complexity index is 1440. The SMILES string of the molecule is Cc1ccc([C@@H]2C3=C(CC(C)(C)CC3=O)Nc3ccccc3N2S(=O)(=O)c2ccc(C)cc2)cc1. The second-order valence-corrected chi connectivity index (χ2v) is 12.2. The molecule has 5 nitrogen and oxygen atoms in total. The lowest BCUT2D eigenvalue weighted by Gasteiger charge is -2.37. The van der Waals surface area contributed by atoms with E-state index in [2.05, 4.69) is 19.2 Å². The van der Waals surface area contributed by atoms with Crippen LogP contribution in [0.1, 0.15) is 49.4 Å². The number of sulfonamides is 1. The van der Waals surface area contributed by atoms with Crippen LogP contribution in [0.15, 0.2) is 89.0 Å². The summed E-state index contributed by atoms with van der Waals surface area (Å²) in [6.45, 7) is 8.08. The van der Waals surface area contributed by atoms with Gasteiger partial charge in [-0.3, -0.25) is 9.10 Å². The van der Waals surface area contributed by atoms with Crippen molar-refractivity contribution in [1.29, 1.82) is 0 Å². The lowest BCUT2D eigenvalue weighted by atomic mass is 9.73. The summed E-state index contributed by atoms with van der Waals surface area (Å²) in [5, 5.41) is 3.47. The molecular weight excluding hydrogens is 456 g/mol. The van der Waals surface area contributed by atoms with E-state index in [0.717, 1.165) is 22.4 Å². The normalized spacial score (nSPS) is 19.5. The highest BCUT2D eigenvalue weighted by molar-refractivity contribution is 7.92. The molecule has 1 aliphatic carbocycles. The first-order valence-corrected chi connectivity index (χ1v) is 13.3. The Morgan fingerprint density at radius 3 is 2.11 bits per heavy atom. The Morgan fingerprint density at radius 1 is 0.857 bits per heavy atom. The minimum Gasteiger partial charge on any atom is -0.357 e. The van der Waals surface area contributed by atoms with E-state index >= 15 is 0 Å². The largest absolute Gasteiger partial charge is 0.357 e. The molecule has 0 amide bonds. The summed E-state index contributed by atoms with van der Waals surface area (Å²) >= 11 is 0. The lowest BCUT2D eigenvalue weighted by Crippen LogP contribution is -2.39. The second kappa shape index (κ2) is 8.38. The van der Waals surface area contributed by atoms with Crippen molar-refractivity contribution in [2.75, 3.05) is 9.62 Å². The molecule has 1 aliphatic heterocycles. The van der Waals surface area contributed by atoms with Crippen LogP contribution in [-0.4, -0.2) is 14.2 Å². The van der Waals surface area contributed by atoms with Crippen molar-refractivity contribution in [3.63, 3.8) is 0 Å². The van der Waals surface area contributed by atoms with E-state index in [9.17, 15) is 13.2 Å². The number of ketones is 1. The molecule has 0 saturated heterocycles. The van der Waals surface area contributed by atoms with E-state index in [0.29, 0.717) is 29.8 Å². The van der Waals surface area contributed by atoms with Gasteiger partial charge in [-0.2, -0.15) is 0 Å². The number of benzene rings is 3. The van der Waals surface area contributed by atoms with Gasteiger partial charge in [-0.1, -0.05) is 73.5 Å². The topological polar surface area (TPSA) is 66.5 Å². The second-order valence-electron chi connectivity index (χ2n) is 10.4. The van der Waals surface area contributed by atoms with Crippen LogP contribution in [0, 0.1) is 19.3 Å². The highest BCUT2D eigenvalue weighted by Gasteiger charge is 2.45. The maximum atomic E-state index is 14.3. The maximum absolute atomic E-state index is 14.3. The summed E-state index contributed by atoms with van der Waals surface area (Å²) < 4.78 is 30.1. The quantitative estimate of drug-likeness (QED) is 0.471. The molecule has 0 saturated carbocycles. The van der Waals surface area contributed by atoms with Crippen LogP contribution in [0.4, 0.5) is 11.4 Å². The molecule has 180 valence electrons. The molecular formula is C29H30N2O3S. The molecule has 0 spiro atoms. The zero-order valence-electron chi connectivity index (χ0n) is 20.5. The van der Waals surface area contributed by atoms with Gasteiger partial charge in [-0.05, 0) is 55.5 Å². The molecule has 5 rings (SSSR count). The third kappa shape index (κ3) is 4.16. The van der Waals surface area contributed by atoms with Gasteiger partial charge in [0.05, 0.1) is 16.3 Å². The predicted octanol–water partition coefficient (Wildman–Crippen LogP) is 6.31. The van der Waals surface area contributed by atoms with Crippen LogP contribution in [-0.2, 0) is 14.8 Å². The molecule has 0 bridgehead atoms. The van der Waals surface area contributed by atoms with Crippen molar-refractivity contribution in [3.8, 4) is 0 Å². The van der Waals surface area contributed by atoms with Gasteiger partial charge in [0.1, 0.15) is 6.04 Å². The van der Waals surface area contributed by atoms with E-state index < -0.39 is 16.1 Å². The predicted molar refractivity (Wildman–Crippen MR) is 140 cm³/mol. The van der Waals surface area contributed by atoms with E-state index in [-0.39, 0.29) is 16.1 Å². The van der Waals surface area contributed by atoms with Gasteiger partial charge in [-0.25, -0.2) is 8.42 Å². The fourth-order valence-electron chi connectivity index (χ4n) is 5.10. The first kappa shape index (κ1) is 23.4. The van der Waals surface area contributed by atoms with Gasteiger partial charge in [0, 0.05) is 17.7 Å². The van der Waals surface area contributed by atoms with Crippen molar-refractivity contribution >= 4 is 27.2 Å². The number of carbonyl (C=O) groups excluding carboxylic acids is 1. The molecule has 1 atom stereocenters. The summed E-state index contributed by atoms with van der Waals surface area (Å²) in [4.78, 5) is 13.9. The molecule has 2 aliphatic rings. The summed E-state index contributed by atoms with van der Waals surface area (Å²) in [5.41, 5.74) is 5.12. The molecule has 3 aromatic rings. The summed E-state index contributed by atoms with van der Waals surface area (Å²) in [6, 6.07) is 21.3. The molecule has 0 fully saturated rings. The number of hydrogen-bond donors (Lipinski definition) is 1. The van der Waals surface area contributed by atoms with Crippen LogP contribution in [0.5, 0.6) is 0 Å². The van der Waals surface area contributed by atoms with Crippen LogP contribution < -0.4 is 9.62 Å². The minimum absolute atomic E-state index is 0.0220. The van der Waals surface area contributed by atoms with Gasteiger partial charge in [0.25, 0.3) is 10.0 Å². The lowest BCUT2D eigenvalue weighted by molar-refractivity contribution is -0.118. The van der Waals surface area contributed by atoms with Crippen molar-refractivity contribution < 1.29 is 13.2 Å². The first-order valence-electron chi connectivity index (χ1n) is 11.9. The third-order valence-corrected chi connectivity index (χ3v) is 8.62. The standard InChI is InChI=1S/C29H30N2O3S/c1-19-9-13-21(14-10-19)28-27-24(17-29(3,4)18-26(27)32)30-23-7-5-6-8-25(23)31(28)35(33,34)22-15-11-20(2)12-16-22/h5-16,28,30H,17-18H2,1-4H3/t28-/m1/s1. The average Bonchev–Trinajstić information content (AvgIpc) is 2.93. The summed E-state index contributed by atoms with van der Waals surface area (Å²) in [7, 11) is -4.02. The Morgan fingerprint density at radius 2 is 1.46 bits per heavy atom. The Labute approximate surface area is 207 Å². The summed E-state index contributed by atoms with van der Waals surface area (Å²) in [6.07, 6.45) is 1.02. The number of allylic oxidation sites excluding steroid dienone is 1. The van der Waals surface area contributed by atoms with Gasteiger partial charge in [0.2, 0.25) is 0 Å². The molecule has 0 aromatic heterocycles. The molecule has 0 radical (unpaired) electrons. The van der Waals surface area contributed by atoms with Gasteiger partial charge >= 0.3 is 0 Å². The fraction of sp³-hybridized carbons (Fsp3) is 0.276. The molecule has 35 heavy (non-hydrogen) atoms. The van der Waals surface area contributed by atoms with Crippen LogP contribution in [0.2, 0.25) is 0 Å². The molecule has 0 unspecified atom stereocenters. The van der Waals surface area contributed by atoms with Crippen molar-refractivity contribution in [3.05, 3.63) is 101 Å². The molecule has 1 N–H and O–H groups in total. The highest BCUT2D eigenvalue weighted by Crippen LogP contribution is 2.50. The van der Waals surface area contributed by atoms with Gasteiger partial charge in [-0.15, -0.1) is 0 Å². The zero-order valence-corrected chi connectivity index (χ0v) is 21.3. The smallest absolute Gasteiger partial charge is 0.265 e. The zero-order chi connectivity index (χ0) is 25.0.